The summed E-state index contributed by atoms with van der Waals surface area (Å²) >= 11 is 0. The zero-order valence-corrected chi connectivity index (χ0v) is 11.1. The first kappa shape index (κ1) is 13.7. The average molecular weight is 254 g/mol. The zero-order chi connectivity index (χ0) is 13.6. The van der Waals surface area contributed by atoms with Crippen molar-refractivity contribution >= 4 is 6.29 Å². The highest BCUT2D eigenvalue weighted by atomic mass is 16.6. The molecular formula is C14H22O4. The average Bonchev–Trinajstić information content (AvgIpc) is 2.75. The molecule has 2 bridgehead atoms. The van der Waals surface area contributed by atoms with Crippen LogP contribution in [0.4, 0.5) is 0 Å². The maximum atomic E-state index is 10.7. The van der Waals surface area contributed by atoms with Crippen molar-refractivity contribution in [3.63, 3.8) is 0 Å². The number of rotatable bonds is 5. The first-order valence-electron chi connectivity index (χ1n) is 6.47. The number of fused-ring (bicyclic) bond motifs is 2. The monoisotopic (exact) mass is 254 g/mol. The van der Waals surface area contributed by atoms with Crippen LogP contribution in [0, 0.1) is 23.2 Å². The normalized spacial score (nSPS) is 46.7. The second-order valence-electron chi connectivity index (χ2n) is 5.81. The lowest BCUT2D eigenvalue weighted by Gasteiger charge is -2.37. The van der Waals surface area contributed by atoms with Crippen LogP contribution < -0.4 is 0 Å². The standard InChI is InChI=1S/C14H22O4/c1-9-12-10(8-16)7-11(14(12,17)18-3)13(9,2)5-4-6-15/h6,10-12,16-17H,1,4-5,7-8H2,2-3H3/t10-,11+,12+,13-,14+/m1/s1. The van der Waals surface area contributed by atoms with E-state index in [1.165, 1.54) is 7.11 Å². The Hall–Kier alpha value is -0.710. The van der Waals surface area contributed by atoms with E-state index < -0.39 is 5.79 Å². The van der Waals surface area contributed by atoms with Crippen LogP contribution in [-0.4, -0.2) is 36.0 Å². The van der Waals surface area contributed by atoms with Crippen LogP contribution in [-0.2, 0) is 9.53 Å². The Kier molecular flexibility index (Phi) is 3.38. The summed E-state index contributed by atoms with van der Waals surface area (Å²) in [6, 6.07) is 0. The van der Waals surface area contributed by atoms with Crippen LogP contribution in [0.5, 0.6) is 0 Å². The molecule has 2 N–H and O–H groups in total. The number of carbonyl (C=O) groups is 1. The van der Waals surface area contributed by atoms with Gasteiger partial charge in [0.25, 0.3) is 0 Å². The van der Waals surface area contributed by atoms with Crippen molar-refractivity contribution in [1.29, 1.82) is 0 Å². The fraction of sp³-hybridized carbons (Fsp3) is 0.786. The Labute approximate surface area is 108 Å². The van der Waals surface area contributed by atoms with E-state index in [1.54, 1.807) is 0 Å². The predicted molar refractivity (Wildman–Crippen MR) is 66.7 cm³/mol. The van der Waals surface area contributed by atoms with E-state index in [0.29, 0.717) is 12.8 Å². The molecule has 0 aromatic heterocycles. The third kappa shape index (κ3) is 1.52. The molecule has 0 radical (unpaired) electrons. The summed E-state index contributed by atoms with van der Waals surface area (Å²) in [6.45, 7) is 6.20. The molecule has 0 aromatic rings. The molecule has 2 fully saturated rings. The summed E-state index contributed by atoms with van der Waals surface area (Å²) in [7, 11) is 1.50. The minimum atomic E-state index is -1.23. The van der Waals surface area contributed by atoms with Crippen molar-refractivity contribution < 1.29 is 19.7 Å². The van der Waals surface area contributed by atoms with E-state index in [0.717, 1.165) is 18.3 Å². The van der Waals surface area contributed by atoms with Crippen LogP contribution in [0.15, 0.2) is 12.2 Å². The Morgan fingerprint density at radius 3 is 2.78 bits per heavy atom. The number of aliphatic hydroxyl groups is 2. The van der Waals surface area contributed by atoms with Gasteiger partial charge in [-0.25, -0.2) is 0 Å². The highest BCUT2D eigenvalue weighted by Crippen LogP contribution is 2.67. The van der Waals surface area contributed by atoms with Gasteiger partial charge in [0.05, 0.1) is 0 Å². The predicted octanol–water partition coefficient (Wildman–Crippen LogP) is 1.12. The minimum absolute atomic E-state index is 0.0109. The van der Waals surface area contributed by atoms with Gasteiger partial charge < -0.3 is 19.7 Å². The summed E-state index contributed by atoms with van der Waals surface area (Å²) < 4.78 is 5.36. The number of aldehydes is 1. The summed E-state index contributed by atoms with van der Waals surface area (Å²) in [5.74, 6) is -1.54. The van der Waals surface area contributed by atoms with Crippen molar-refractivity contribution in [2.24, 2.45) is 23.2 Å². The number of ether oxygens (including phenoxy) is 1. The molecule has 4 heteroatoms. The third-order valence-corrected chi connectivity index (χ3v) is 5.18. The molecule has 0 spiro atoms. The molecule has 0 amide bonds. The summed E-state index contributed by atoms with van der Waals surface area (Å²) in [5.41, 5.74) is 0.645. The Morgan fingerprint density at radius 2 is 2.28 bits per heavy atom. The number of carbonyl (C=O) groups excluding carboxylic acids is 1. The first-order valence-corrected chi connectivity index (χ1v) is 6.47. The van der Waals surface area contributed by atoms with E-state index in [2.05, 4.69) is 6.58 Å². The summed E-state index contributed by atoms with van der Waals surface area (Å²) in [4.78, 5) is 10.6. The molecule has 102 valence electrons. The number of aliphatic hydroxyl groups excluding tert-OH is 1. The lowest BCUT2D eigenvalue weighted by Crippen LogP contribution is -2.39. The highest BCUT2D eigenvalue weighted by Gasteiger charge is 2.68. The van der Waals surface area contributed by atoms with Crippen molar-refractivity contribution in [2.45, 2.75) is 32.0 Å². The molecule has 0 heterocycles. The quantitative estimate of drug-likeness (QED) is 0.438. The lowest BCUT2D eigenvalue weighted by molar-refractivity contribution is -0.223. The van der Waals surface area contributed by atoms with Crippen LogP contribution in [0.3, 0.4) is 0 Å². The largest absolute Gasteiger partial charge is 0.396 e. The summed E-state index contributed by atoms with van der Waals surface area (Å²) in [6.07, 6.45) is 2.77. The zero-order valence-electron chi connectivity index (χ0n) is 11.1. The second-order valence-corrected chi connectivity index (χ2v) is 5.81. The van der Waals surface area contributed by atoms with E-state index >= 15 is 0 Å². The van der Waals surface area contributed by atoms with E-state index in [-0.39, 0.29) is 29.8 Å². The van der Waals surface area contributed by atoms with Gasteiger partial charge in [0.2, 0.25) is 0 Å². The Bertz CT molecular complexity index is 367. The molecule has 0 aliphatic heterocycles. The van der Waals surface area contributed by atoms with E-state index in [4.69, 9.17) is 4.74 Å². The van der Waals surface area contributed by atoms with Crippen LogP contribution in [0.1, 0.15) is 26.2 Å². The molecule has 2 aliphatic rings. The smallest absolute Gasteiger partial charge is 0.175 e. The molecule has 0 unspecified atom stereocenters. The maximum Gasteiger partial charge on any atom is 0.175 e. The maximum absolute atomic E-state index is 10.7. The van der Waals surface area contributed by atoms with Gasteiger partial charge in [-0.3, -0.25) is 0 Å². The van der Waals surface area contributed by atoms with Gasteiger partial charge >= 0.3 is 0 Å². The third-order valence-electron chi connectivity index (χ3n) is 5.18. The molecular weight excluding hydrogens is 232 g/mol. The molecule has 5 atom stereocenters. The molecule has 2 saturated carbocycles. The molecule has 4 nitrogen and oxygen atoms in total. The minimum Gasteiger partial charge on any atom is -0.396 e. The molecule has 2 rings (SSSR count). The van der Waals surface area contributed by atoms with Crippen LogP contribution in [0.25, 0.3) is 0 Å². The highest BCUT2D eigenvalue weighted by molar-refractivity contribution is 5.50. The van der Waals surface area contributed by atoms with Gasteiger partial charge in [-0.05, 0) is 24.2 Å². The van der Waals surface area contributed by atoms with Crippen molar-refractivity contribution in [3.8, 4) is 0 Å². The second kappa shape index (κ2) is 4.44. The van der Waals surface area contributed by atoms with Crippen LogP contribution >= 0.6 is 0 Å². The van der Waals surface area contributed by atoms with Gasteiger partial charge in [0.1, 0.15) is 6.29 Å². The number of methoxy groups -OCH3 is 1. The van der Waals surface area contributed by atoms with Gasteiger partial charge in [-0.2, -0.15) is 0 Å². The number of hydrogen-bond acceptors (Lipinski definition) is 4. The summed E-state index contributed by atoms with van der Waals surface area (Å²) in [5, 5.41) is 20.1. The molecule has 18 heavy (non-hydrogen) atoms. The van der Waals surface area contributed by atoms with Gasteiger partial charge in [0, 0.05) is 32.0 Å². The first-order chi connectivity index (χ1) is 8.45. The molecule has 2 aliphatic carbocycles. The van der Waals surface area contributed by atoms with E-state index in [9.17, 15) is 15.0 Å². The van der Waals surface area contributed by atoms with Crippen LogP contribution in [0.2, 0.25) is 0 Å². The Balaban J connectivity index is 2.35. The van der Waals surface area contributed by atoms with Crippen molar-refractivity contribution in [3.05, 3.63) is 12.2 Å². The van der Waals surface area contributed by atoms with Crippen molar-refractivity contribution in [1.82, 2.24) is 0 Å². The topological polar surface area (TPSA) is 66.8 Å². The fourth-order valence-electron chi connectivity index (χ4n) is 4.13. The number of hydrogen-bond donors (Lipinski definition) is 2. The van der Waals surface area contributed by atoms with Gasteiger partial charge in [-0.1, -0.05) is 19.1 Å². The molecule has 0 aromatic carbocycles. The Morgan fingerprint density at radius 1 is 1.61 bits per heavy atom. The van der Waals surface area contributed by atoms with E-state index in [1.807, 2.05) is 6.92 Å². The van der Waals surface area contributed by atoms with Gasteiger partial charge in [-0.15, -0.1) is 0 Å². The SMILES string of the molecule is C=C1[C@H]2[C@@H](CO)C[C@H]([C@]2(O)OC)[C@]1(C)CCC=O. The molecule has 0 saturated heterocycles. The van der Waals surface area contributed by atoms with Crippen molar-refractivity contribution in [2.75, 3.05) is 13.7 Å². The van der Waals surface area contributed by atoms with Gasteiger partial charge in [0.15, 0.2) is 5.79 Å². The fourth-order valence-corrected chi connectivity index (χ4v) is 4.13. The lowest BCUT2D eigenvalue weighted by atomic mass is 9.66.